The summed E-state index contributed by atoms with van der Waals surface area (Å²) in [4.78, 5) is 3.05. The quantitative estimate of drug-likeness (QED) is 0.819. The van der Waals surface area contributed by atoms with Gasteiger partial charge in [-0.3, -0.25) is 0 Å². The van der Waals surface area contributed by atoms with E-state index in [0.717, 1.165) is 15.9 Å². The highest BCUT2D eigenvalue weighted by atomic mass is 79.9. The summed E-state index contributed by atoms with van der Waals surface area (Å²) >= 11 is 15.0. The molecule has 2 nitrogen and oxygen atoms in total. The van der Waals surface area contributed by atoms with E-state index in [1.54, 1.807) is 18.2 Å². The Kier molecular flexibility index (Phi) is 3.25. The van der Waals surface area contributed by atoms with E-state index in [0.29, 0.717) is 15.6 Å². The number of halogens is 3. The van der Waals surface area contributed by atoms with Crippen molar-refractivity contribution in [2.75, 3.05) is 0 Å². The molecule has 0 fully saturated rings. The van der Waals surface area contributed by atoms with Crippen LogP contribution in [0.4, 0.5) is 0 Å². The van der Waals surface area contributed by atoms with Crippen LogP contribution >= 0.6 is 39.1 Å². The number of nitrogens with one attached hydrogen (secondary N) is 1. The third-order valence-electron chi connectivity index (χ3n) is 2.11. The smallest absolute Gasteiger partial charge is 0.101 e. The first-order valence-corrected chi connectivity index (χ1v) is 5.90. The molecule has 1 aromatic heterocycles. The molecular formula is C11H5BrCl2N2. The van der Waals surface area contributed by atoms with Gasteiger partial charge in [-0.2, -0.15) is 5.26 Å². The highest BCUT2D eigenvalue weighted by molar-refractivity contribution is 9.10. The first-order valence-electron chi connectivity index (χ1n) is 4.36. The molecule has 0 saturated heterocycles. The highest BCUT2D eigenvalue weighted by Crippen LogP contribution is 2.31. The van der Waals surface area contributed by atoms with Crippen LogP contribution in [0.25, 0.3) is 11.3 Å². The number of benzene rings is 1. The minimum Gasteiger partial charge on any atom is -0.348 e. The Morgan fingerprint density at radius 1 is 1.19 bits per heavy atom. The van der Waals surface area contributed by atoms with E-state index in [1.165, 1.54) is 0 Å². The second-order valence-corrected chi connectivity index (χ2v) is 4.82. The zero-order valence-electron chi connectivity index (χ0n) is 7.89. The van der Waals surface area contributed by atoms with Gasteiger partial charge in [-0.1, -0.05) is 29.3 Å². The van der Waals surface area contributed by atoms with Gasteiger partial charge in [0, 0.05) is 5.56 Å². The highest BCUT2D eigenvalue weighted by Gasteiger charge is 2.10. The Morgan fingerprint density at radius 2 is 1.94 bits per heavy atom. The Balaban J connectivity index is 2.59. The number of hydrogen-bond donors (Lipinski definition) is 1. The van der Waals surface area contributed by atoms with Crippen molar-refractivity contribution in [3.63, 3.8) is 0 Å². The lowest BCUT2D eigenvalue weighted by atomic mass is 10.1. The van der Waals surface area contributed by atoms with Crippen LogP contribution < -0.4 is 0 Å². The largest absolute Gasteiger partial charge is 0.348 e. The second-order valence-electron chi connectivity index (χ2n) is 3.15. The summed E-state index contributed by atoms with van der Waals surface area (Å²) in [5, 5.41) is 9.93. The molecule has 0 spiro atoms. The van der Waals surface area contributed by atoms with Gasteiger partial charge in [0.2, 0.25) is 0 Å². The first-order chi connectivity index (χ1) is 7.61. The minimum atomic E-state index is 0.466. The van der Waals surface area contributed by atoms with Gasteiger partial charge in [0.1, 0.15) is 6.07 Å². The lowest BCUT2D eigenvalue weighted by molar-refractivity contribution is 1.35. The molecule has 0 saturated carbocycles. The van der Waals surface area contributed by atoms with Crippen molar-refractivity contribution in [2.24, 2.45) is 0 Å². The lowest BCUT2D eigenvalue weighted by Crippen LogP contribution is -1.81. The van der Waals surface area contributed by atoms with Crippen LogP contribution in [0, 0.1) is 11.3 Å². The molecule has 80 valence electrons. The number of aromatic nitrogens is 1. The normalized spacial score (nSPS) is 10.1. The molecule has 16 heavy (non-hydrogen) atoms. The van der Waals surface area contributed by atoms with Crippen LogP contribution in [-0.2, 0) is 0 Å². The van der Waals surface area contributed by atoms with E-state index in [9.17, 15) is 0 Å². The topological polar surface area (TPSA) is 39.6 Å². The number of nitriles is 1. The van der Waals surface area contributed by atoms with Gasteiger partial charge < -0.3 is 4.98 Å². The Hall–Kier alpha value is -0.950. The maximum absolute atomic E-state index is 8.97. The first kappa shape index (κ1) is 11.5. The van der Waals surface area contributed by atoms with Gasteiger partial charge in [-0.25, -0.2) is 0 Å². The van der Waals surface area contributed by atoms with E-state index < -0.39 is 0 Å². The Bertz CT molecular complexity index is 584. The predicted octanol–water partition coefficient (Wildman–Crippen LogP) is 4.62. The van der Waals surface area contributed by atoms with Crippen molar-refractivity contribution in [1.82, 2.24) is 4.98 Å². The maximum atomic E-state index is 8.97. The van der Waals surface area contributed by atoms with Crippen molar-refractivity contribution in [1.29, 1.82) is 5.26 Å². The summed E-state index contributed by atoms with van der Waals surface area (Å²) in [6.45, 7) is 0. The zero-order chi connectivity index (χ0) is 11.7. The number of aromatic amines is 1. The molecule has 0 unspecified atom stereocenters. The summed E-state index contributed by atoms with van der Waals surface area (Å²) in [7, 11) is 0. The molecule has 1 N–H and O–H groups in total. The van der Waals surface area contributed by atoms with E-state index in [1.807, 2.05) is 6.07 Å². The molecule has 0 aliphatic heterocycles. The van der Waals surface area contributed by atoms with Gasteiger partial charge >= 0.3 is 0 Å². The monoisotopic (exact) mass is 314 g/mol. The van der Waals surface area contributed by atoms with E-state index >= 15 is 0 Å². The molecule has 2 aromatic rings. The molecule has 0 amide bonds. The molecule has 0 atom stereocenters. The summed E-state index contributed by atoms with van der Waals surface area (Å²) in [5.74, 6) is 0. The van der Waals surface area contributed by atoms with Gasteiger partial charge in [-0.15, -0.1) is 0 Å². The van der Waals surface area contributed by atoms with Gasteiger partial charge in [0.25, 0.3) is 0 Å². The minimum absolute atomic E-state index is 0.466. The second kappa shape index (κ2) is 4.50. The van der Waals surface area contributed by atoms with Crippen molar-refractivity contribution in [3.8, 4) is 17.3 Å². The number of nitrogens with zero attached hydrogens (tertiary/aromatic N) is 1. The molecule has 1 heterocycles. The van der Waals surface area contributed by atoms with Crippen LogP contribution in [0.1, 0.15) is 5.56 Å². The SMILES string of the molecule is N#Cc1cc(Br)[nH]c1-c1ccc(Cl)c(Cl)c1. The Labute approximate surface area is 111 Å². The van der Waals surface area contributed by atoms with Crippen molar-refractivity contribution in [3.05, 3.63) is 44.5 Å². The third-order valence-corrected chi connectivity index (χ3v) is 3.28. The lowest BCUT2D eigenvalue weighted by Gasteiger charge is -2.01. The molecule has 0 aliphatic rings. The molecule has 2 rings (SSSR count). The van der Waals surface area contributed by atoms with E-state index in [2.05, 4.69) is 27.0 Å². The van der Waals surface area contributed by atoms with Crippen molar-refractivity contribution < 1.29 is 0 Å². The molecule has 0 radical (unpaired) electrons. The van der Waals surface area contributed by atoms with Crippen molar-refractivity contribution in [2.45, 2.75) is 0 Å². The van der Waals surface area contributed by atoms with Crippen LogP contribution in [0.3, 0.4) is 0 Å². The molecule has 0 aliphatic carbocycles. The fraction of sp³-hybridized carbons (Fsp3) is 0. The average molecular weight is 316 g/mol. The van der Waals surface area contributed by atoms with Gasteiger partial charge in [0.05, 0.1) is 25.9 Å². The van der Waals surface area contributed by atoms with Crippen LogP contribution in [0.2, 0.25) is 10.0 Å². The maximum Gasteiger partial charge on any atom is 0.101 e. The number of hydrogen-bond acceptors (Lipinski definition) is 1. The summed E-state index contributed by atoms with van der Waals surface area (Å²) in [6, 6.07) is 9.07. The Morgan fingerprint density at radius 3 is 2.56 bits per heavy atom. The molecule has 1 aromatic carbocycles. The van der Waals surface area contributed by atoms with Crippen molar-refractivity contribution >= 4 is 39.1 Å². The van der Waals surface area contributed by atoms with Crippen LogP contribution in [-0.4, -0.2) is 4.98 Å². The third kappa shape index (κ3) is 2.10. The van der Waals surface area contributed by atoms with Crippen LogP contribution in [0.5, 0.6) is 0 Å². The fourth-order valence-corrected chi connectivity index (χ4v) is 2.11. The summed E-state index contributed by atoms with van der Waals surface area (Å²) < 4.78 is 0.755. The average Bonchev–Trinajstić information content (AvgIpc) is 2.63. The van der Waals surface area contributed by atoms with E-state index in [4.69, 9.17) is 28.5 Å². The van der Waals surface area contributed by atoms with E-state index in [-0.39, 0.29) is 0 Å². The summed E-state index contributed by atoms with van der Waals surface area (Å²) in [6.07, 6.45) is 0. The predicted molar refractivity (Wildman–Crippen MR) is 68.7 cm³/mol. The van der Waals surface area contributed by atoms with Crippen LogP contribution in [0.15, 0.2) is 28.9 Å². The summed E-state index contributed by atoms with van der Waals surface area (Å²) in [5.41, 5.74) is 2.12. The number of H-pyrrole nitrogens is 1. The zero-order valence-corrected chi connectivity index (χ0v) is 11.0. The number of rotatable bonds is 1. The van der Waals surface area contributed by atoms with Gasteiger partial charge in [0.15, 0.2) is 0 Å². The molecule has 0 bridgehead atoms. The molecule has 5 heteroatoms. The fourth-order valence-electron chi connectivity index (χ4n) is 1.39. The molecular weight excluding hydrogens is 311 g/mol. The standard InChI is InChI=1S/C11H5BrCl2N2/c12-10-4-7(5-15)11(16-10)6-1-2-8(13)9(14)3-6/h1-4,16H. The van der Waals surface area contributed by atoms with Gasteiger partial charge in [-0.05, 0) is 34.1 Å².